The molecular formula is FeNO3+2. The average molecular weight is 118 g/mol. The smallest absolute Gasteiger partial charge is 0.356 e. The van der Waals surface area contributed by atoms with Gasteiger partial charge in [0.1, 0.15) is 0 Å². The average Bonchev–Trinajstić information content (AvgIpc) is 0.811. The van der Waals surface area contributed by atoms with Gasteiger partial charge in [-0.05, 0) is 0 Å². The van der Waals surface area contributed by atoms with Gasteiger partial charge in [0.05, 0.1) is 5.09 Å². The van der Waals surface area contributed by atoms with Gasteiger partial charge in [0.2, 0.25) is 0 Å². The number of nitrogens with zero attached hydrogens (tertiary/aromatic N) is 1. The Labute approximate surface area is 38.4 Å². The van der Waals surface area contributed by atoms with Crippen molar-refractivity contribution in [2.24, 2.45) is 0 Å². The Morgan fingerprint density at radius 1 is 1.40 bits per heavy atom. The van der Waals surface area contributed by atoms with Crippen LogP contribution < -0.4 is 0 Å². The van der Waals surface area contributed by atoms with Crippen molar-refractivity contribution < 1.29 is 22.2 Å². The van der Waals surface area contributed by atoms with E-state index in [-0.39, 0.29) is 17.1 Å². The van der Waals surface area contributed by atoms with Crippen LogP contribution in [0, 0.1) is 15.3 Å². The summed E-state index contributed by atoms with van der Waals surface area (Å²) < 4.78 is 0. The maximum atomic E-state index is 8.25. The van der Waals surface area contributed by atoms with Gasteiger partial charge in [-0.2, -0.15) is 0 Å². The number of hydrogen-bond acceptors (Lipinski definition) is 3. The second kappa shape index (κ2) is 3.72. The van der Waals surface area contributed by atoms with E-state index in [0.29, 0.717) is 0 Å². The summed E-state index contributed by atoms with van der Waals surface area (Å²) in [4.78, 5) is 8.25. The fourth-order valence-corrected chi connectivity index (χ4v) is 0. The molecule has 0 aliphatic heterocycles. The minimum Gasteiger partial charge on any atom is -0.356 e. The summed E-state index contributed by atoms with van der Waals surface area (Å²) >= 11 is 0. The fraction of sp³-hybridized carbons (Fsp3) is 0. The van der Waals surface area contributed by atoms with Gasteiger partial charge in [0.25, 0.3) is 0 Å². The molecule has 0 fully saturated rings. The quantitative estimate of drug-likeness (QED) is 0.250. The molecule has 0 N–H and O–H groups in total. The molecule has 0 rings (SSSR count). The van der Waals surface area contributed by atoms with Crippen LogP contribution in [-0.4, -0.2) is 5.09 Å². The van der Waals surface area contributed by atoms with Crippen molar-refractivity contribution in [1.29, 1.82) is 0 Å². The van der Waals surface area contributed by atoms with Crippen molar-refractivity contribution >= 4 is 0 Å². The zero-order valence-corrected chi connectivity index (χ0v) is 3.13. The van der Waals surface area contributed by atoms with E-state index in [0.717, 1.165) is 0 Å². The van der Waals surface area contributed by atoms with Gasteiger partial charge in [-0.1, -0.05) is 0 Å². The summed E-state index contributed by atoms with van der Waals surface area (Å²) in [5.74, 6) is 0. The van der Waals surface area contributed by atoms with Crippen LogP contribution in [0.4, 0.5) is 0 Å². The van der Waals surface area contributed by atoms with E-state index >= 15 is 0 Å². The zero-order chi connectivity index (χ0) is 3.58. The Kier molecular flexibility index (Phi) is 6.57. The molecule has 0 aromatic heterocycles. The van der Waals surface area contributed by atoms with Crippen LogP contribution in [0.3, 0.4) is 0 Å². The van der Waals surface area contributed by atoms with Crippen molar-refractivity contribution in [3.63, 3.8) is 0 Å². The third kappa shape index (κ3) is 140. The van der Waals surface area contributed by atoms with Gasteiger partial charge in [-0.15, -0.1) is 0 Å². The molecule has 0 unspecified atom stereocenters. The van der Waals surface area contributed by atoms with Crippen LogP contribution in [0.1, 0.15) is 0 Å². The molecule has 29 valence electrons. The maximum Gasteiger partial charge on any atom is 3.00 e. The Bertz CT molecular complexity index is 29.9. The van der Waals surface area contributed by atoms with Crippen molar-refractivity contribution in [3.8, 4) is 0 Å². The molecule has 0 aliphatic carbocycles. The molecule has 0 saturated heterocycles. The third-order valence-electron chi connectivity index (χ3n) is 0. The van der Waals surface area contributed by atoms with Gasteiger partial charge in [-0.25, -0.2) is 0 Å². The monoisotopic (exact) mass is 118 g/mol. The second-order valence-electron chi connectivity index (χ2n) is 0.224. The van der Waals surface area contributed by atoms with Crippen LogP contribution in [0.25, 0.3) is 0 Å². The normalized spacial score (nSPS) is 4.80. The largest absolute Gasteiger partial charge is 3.00 e. The Balaban J connectivity index is 0. The Morgan fingerprint density at radius 3 is 1.40 bits per heavy atom. The summed E-state index contributed by atoms with van der Waals surface area (Å²) in [6.07, 6.45) is 0. The van der Waals surface area contributed by atoms with Crippen molar-refractivity contribution in [2.45, 2.75) is 0 Å². The predicted molar refractivity (Wildman–Crippen MR) is 10.4 cm³/mol. The standard InChI is InChI=1S/Fe.NO3/c;2-1(3)4/q+3;-1. The topological polar surface area (TPSA) is 66.2 Å². The number of hydrogen-bond donors (Lipinski definition) is 0. The van der Waals surface area contributed by atoms with Crippen molar-refractivity contribution in [1.82, 2.24) is 0 Å². The van der Waals surface area contributed by atoms with E-state index in [2.05, 4.69) is 0 Å². The van der Waals surface area contributed by atoms with E-state index in [1.807, 2.05) is 0 Å². The molecule has 4 nitrogen and oxygen atoms in total. The molecule has 0 spiro atoms. The summed E-state index contributed by atoms with van der Waals surface area (Å²) in [5, 5.41) is 14.8. The third-order valence-corrected chi connectivity index (χ3v) is 0. The first-order valence-corrected chi connectivity index (χ1v) is 0.548. The Hall–Kier alpha value is -0.281. The summed E-state index contributed by atoms with van der Waals surface area (Å²) in [5.41, 5.74) is 0. The molecular weight excluding hydrogens is 118 g/mol. The van der Waals surface area contributed by atoms with Gasteiger partial charge in [0, 0.05) is 0 Å². The molecule has 5 heteroatoms. The molecule has 0 atom stereocenters. The Morgan fingerprint density at radius 2 is 1.40 bits per heavy atom. The molecule has 0 bridgehead atoms. The van der Waals surface area contributed by atoms with Gasteiger partial charge in [-0.3, -0.25) is 0 Å². The van der Waals surface area contributed by atoms with Gasteiger partial charge < -0.3 is 15.3 Å². The van der Waals surface area contributed by atoms with E-state index < -0.39 is 5.09 Å². The summed E-state index contributed by atoms with van der Waals surface area (Å²) in [6, 6.07) is 0. The van der Waals surface area contributed by atoms with E-state index in [1.54, 1.807) is 0 Å². The van der Waals surface area contributed by atoms with E-state index in [1.165, 1.54) is 0 Å². The van der Waals surface area contributed by atoms with E-state index in [9.17, 15) is 0 Å². The molecule has 0 amide bonds. The van der Waals surface area contributed by atoms with Gasteiger partial charge >= 0.3 is 17.1 Å². The van der Waals surface area contributed by atoms with Crippen LogP contribution >= 0.6 is 0 Å². The van der Waals surface area contributed by atoms with Gasteiger partial charge in [0.15, 0.2) is 0 Å². The fourth-order valence-electron chi connectivity index (χ4n) is 0. The minimum absolute atomic E-state index is 0. The van der Waals surface area contributed by atoms with Crippen molar-refractivity contribution in [3.05, 3.63) is 15.3 Å². The maximum absolute atomic E-state index is 8.25. The molecule has 0 aliphatic rings. The molecule has 5 heavy (non-hydrogen) atoms. The van der Waals surface area contributed by atoms with Crippen molar-refractivity contribution in [2.75, 3.05) is 0 Å². The summed E-state index contributed by atoms with van der Waals surface area (Å²) in [6.45, 7) is 0. The molecule has 0 saturated carbocycles. The first kappa shape index (κ1) is 8.83. The minimum atomic E-state index is -1.75. The van der Waals surface area contributed by atoms with Crippen LogP contribution in [-0.2, 0) is 17.1 Å². The van der Waals surface area contributed by atoms with Crippen LogP contribution in [0.15, 0.2) is 0 Å². The van der Waals surface area contributed by atoms with Crippen LogP contribution in [0.2, 0.25) is 0 Å². The first-order chi connectivity index (χ1) is 1.73. The second-order valence-corrected chi connectivity index (χ2v) is 0.224. The first-order valence-electron chi connectivity index (χ1n) is 0.548. The molecule has 0 aromatic rings. The molecule has 0 heterocycles. The SMILES string of the molecule is O=[N+]([O-])[O-].[Fe+3]. The predicted octanol–water partition coefficient (Wildman–Crippen LogP) is -0.242. The summed E-state index contributed by atoms with van der Waals surface area (Å²) in [7, 11) is 0. The number of rotatable bonds is 0. The molecule has 0 aromatic carbocycles. The zero-order valence-electron chi connectivity index (χ0n) is 2.03. The van der Waals surface area contributed by atoms with E-state index in [4.69, 9.17) is 15.3 Å². The van der Waals surface area contributed by atoms with Crippen LogP contribution in [0.5, 0.6) is 0 Å². The molecule has 1 radical (unpaired) electrons.